The molecule has 8 heteroatoms. The number of ether oxygens (including phenoxy) is 1. The molecule has 0 saturated carbocycles. The Hall–Kier alpha value is -3.26. The lowest BCUT2D eigenvalue weighted by Gasteiger charge is -2.34. The van der Waals surface area contributed by atoms with Crippen molar-refractivity contribution in [1.29, 1.82) is 0 Å². The maximum Gasteiger partial charge on any atom is 0.416 e. The zero-order valence-corrected chi connectivity index (χ0v) is 16.5. The van der Waals surface area contributed by atoms with Gasteiger partial charge in [-0.1, -0.05) is 12.1 Å². The van der Waals surface area contributed by atoms with Crippen molar-refractivity contribution in [1.82, 2.24) is 5.32 Å². The fourth-order valence-corrected chi connectivity index (χ4v) is 3.23. The number of carbonyl (C=O) groups is 1. The van der Waals surface area contributed by atoms with Gasteiger partial charge in [0.25, 0.3) is 5.91 Å². The average molecular weight is 430 g/mol. The van der Waals surface area contributed by atoms with Gasteiger partial charge in [-0.25, -0.2) is 9.38 Å². The first kappa shape index (κ1) is 21.0. The molecule has 0 radical (unpaired) electrons. The molecule has 0 spiro atoms. The van der Waals surface area contributed by atoms with Gasteiger partial charge in [-0.3, -0.25) is 4.79 Å². The van der Waals surface area contributed by atoms with Crippen LogP contribution in [0.5, 0.6) is 11.5 Å². The van der Waals surface area contributed by atoms with E-state index in [4.69, 9.17) is 4.74 Å². The molecule has 4 rings (SSSR count). The lowest BCUT2D eigenvalue weighted by Crippen LogP contribution is -2.60. The van der Waals surface area contributed by atoms with Crippen LogP contribution in [0.1, 0.15) is 22.8 Å². The van der Waals surface area contributed by atoms with Gasteiger partial charge in [0.2, 0.25) is 0 Å². The number of nitrogens with zero attached hydrogens (tertiary/aromatic N) is 1. The first-order chi connectivity index (χ1) is 14.7. The van der Waals surface area contributed by atoms with Crippen LogP contribution in [-0.2, 0) is 6.18 Å². The first-order valence-electron chi connectivity index (χ1n) is 9.53. The smallest absolute Gasteiger partial charge is 0.416 e. The maximum atomic E-state index is 14.4. The predicted octanol–water partition coefficient (Wildman–Crippen LogP) is 5.56. The van der Waals surface area contributed by atoms with Crippen molar-refractivity contribution in [3.63, 3.8) is 0 Å². The van der Waals surface area contributed by atoms with Crippen molar-refractivity contribution in [2.45, 2.75) is 18.8 Å². The number of amides is 1. The van der Waals surface area contributed by atoms with E-state index in [-0.39, 0.29) is 24.6 Å². The number of rotatable bonds is 4. The first-order valence-corrected chi connectivity index (χ1v) is 9.53. The van der Waals surface area contributed by atoms with E-state index in [0.29, 0.717) is 22.1 Å². The summed E-state index contributed by atoms with van der Waals surface area (Å²) in [7, 11) is 0. The zero-order chi connectivity index (χ0) is 22.2. The number of nitrogens with one attached hydrogen (secondary N) is 1. The van der Waals surface area contributed by atoms with Gasteiger partial charge < -0.3 is 10.1 Å². The summed E-state index contributed by atoms with van der Waals surface area (Å²) in [6.45, 7) is 1.77. The number of alkyl halides is 4. The monoisotopic (exact) mass is 430 g/mol. The largest absolute Gasteiger partial charge is 0.457 e. The van der Waals surface area contributed by atoms with Crippen LogP contribution in [0.4, 0.5) is 17.6 Å². The van der Waals surface area contributed by atoms with Crippen LogP contribution in [0.3, 0.4) is 0 Å². The molecular weight excluding hydrogens is 412 g/mol. The zero-order valence-electron chi connectivity index (χ0n) is 16.5. The summed E-state index contributed by atoms with van der Waals surface area (Å²) < 4.78 is 58.3. The van der Waals surface area contributed by atoms with E-state index in [2.05, 4.69) is 10.3 Å². The van der Waals surface area contributed by atoms with E-state index in [1.54, 1.807) is 36.4 Å². The molecule has 4 nitrogen and oxygen atoms in total. The van der Waals surface area contributed by atoms with Crippen LogP contribution in [0.25, 0.3) is 10.8 Å². The number of aliphatic imine (C=N–C) groups is 1. The Morgan fingerprint density at radius 3 is 2.39 bits per heavy atom. The molecule has 1 fully saturated rings. The van der Waals surface area contributed by atoms with Crippen LogP contribution in [0.15, 0.2) is 65.7 Å². The summed E-state index contributed by atoms with van der Waals surface area (Å²) in [5, 5.41) is 4.17. The Morgan fingerprint density at radius 1 is 1.06 bits per heavy atom. The molecule has 1 aliphatic heterocycles. The Balaban J connectivity index is 1.58. The molecule has 3 aromatic rings. The Bertz CT molecular complexity index is 1170. The SMILES string of the molecule is C/C(=N\C(=O)c1ccc2c(Oc3ccc(C(F)(F)F)cc3)cccc2c1)C1(F)CNC1. The Kier molecular flexibility index (Phi) is 5.26. The van der Waals surface area contributed by atoms with E-state index in [0.717, 1.165) is 12.1 Å². The van der Waals surface area contributed by atoms with Crippen molar-refractivity contribution in [2.24, 2.45) is 4.99 Å². The third-order valence-electron chi connectivity index (χ3n) is 5.22. The summed E-state index contributed by atoms with van der Waals surface area (Å²) in [4.78, 5) is 16.4. The normalized spacial score (nSPS) is 16.1. The number of fused-ring (bicyclic) bond motifs is 1. The van der Waals surface area contributed by atoms with Gasteiger partial charge in [0.15, 0.2) is 5.67 Å². The van der Waals surface area contributed by atoms with Crippen molar-refractivity contribution >= 4 is 22.4 Å². The molecule has 3 aromatic carbocycles. The Morgan fingerprint density at radius 2 is 1.77 bits per heavy atom. The topological polar surface area (TPSA) is 50.7 Å². The molecule has 31 heavy (non-hydrogen) atoms. The third kappa shape index (κ3) is 4.29. The highest BCUT2D eigenvalue weighted by atomic mass is 19.4. The highest BCUT2D eigenvalue weighted by Crippen LogP contribution is 2.34. The van der Waals surface area contributed by atoms with Gasteiger partial charge in [0.05, 0.1) is 11.3 Å². The fraction of sp³-hybridized carbons (Fsp3) is 0.217. The molecule has 1 N–H and O–H groups in total. The van der Waals surface area contributed by atoms with E-state index >= 15 is 0 Å². The van der Waals surface area contributed by atoms with E-state index < -0.39 is 23.3 Å². The van der Waals surface area contributed by atoms with Gasteiger partial charge in [-0.15, -0.1) is 0 Å². The Labute approximate surface area is 175 Å². The number of hydrogen-bond acceptors (Lipinski definition) is 3. The molecular formula is C23H18F4N2O2. The fourth-order valence-electron chi connectivity index (χ4n) is 3.23. The van der Waals surface area contributed by atoms with Crippen molar-refractivity contribution in [3.05, 3.63) is 71.8 Å². The summed E-state index contributed by atoms with van der Waals surface area (Å²) >= 11 is 0. The molecule has 0 atom stereocenters. The maximum absolute atomic E-state index is 14.4. The van der Waals surface area contributed by atoms with Gasteiger partial charge >= 0.3 is 6.18 Å². The van der Waals surface area contributed by atoms with Crippen LogP contribution in [-0.4, -0.2) is 30.4 Å². The van der Waals surface area contributed by atoms with Crippen LogP contribution in [0.2, 0.25) is 0 Å². The minimum atomic E-state index is -4.42. The quantitative estimate of drug-likeness (QED) is 0.435. The second-order valence-corrected chi connectivity index (χ2v) is 7.39. The van der Waals surface area contributed by atoms with E-state index in [9.17, 15) is 22.4 Å². The minimum Gasteiger partial charge on any atom is -0.457 e. The van der Waals surface area contributed by atoms with Gasteiger partial charge in [0, 0.05) is 24.0 Å². The van der Waals surface area contributed by atoms with Gasteiger partial charge in [-0.2, -0.15) is 13.2 Å². The number of halogens is 4. The highest BCUT2D eigenvalue weighted by Gasteiger charge is 2.40. The third-order valence-corrected chi connectivity index (χ3v) is 5.22. The second-order valence-electron chi connectivity index (χ2n) is 7.39. The van der Waals surface area contributed by atoms with E-state index in [1.165, 1.54) is 19.1 Å². The standard InChI is InChI=1S/C23H18F4N2O2/c1-14(22(24)12-28-13-22)29-21(30)16-5-10-19-15(11-16)3-2-4-20(19)31-18-8-6-17(7-9-18)23(25,26)27/h2-11,28H,12-13H2,1H3/b29-14+. The van der Waals surface area contributed by atoms with Gasteiger partial charge in [-0.05, 0) is 60.8 Å². The molecule has 0 aromatic heterocycles. The molecule has 0 bridgehead atoms. The van der Waals surface area contributed by atoms with Crippen molar-refractivity contribution in [3.8, 4) is 11.5 Å². The van der Waals surface area contributed by atoms with Gasteiger partial charge in [0.1, 0.15) is 11.5 Å². The molecule has 1 aliphatic rings. The minimum absolute atomic E-state index is 0.135. The molecule has 0 unspecified atom stereocenters. The molecule has 1 amide bonds. The lowest BCUT2D eigenvalue weighted by atomic mass is 9.94. The van der Waals surface area contributed by atoms with Crippen molar-refractivity contribution < 1.29 is 27.1 Å². The predicted molar refractivity (Wildman–Crippen MR) is 110 cm³/mol. The van der Waals surface area contributed by atoms with Crippen LogP contribution >= 0.6 is 0 Å². The molecule has 1 heterocycles. The molecule has 0 aliphatic carbocycles. The lowest BCUT2D eigenvalue weighted by molar-refractivity contribution is -0.137. The summed E-state index contributed by atoms with van der Waals surface area (Å²) in [5.74, 6) is 0.139. The number of benzene rings is 3. The summed E-state index contributed by atoms with van der Waals surface area (Å²) in [5.41, 5.74) is -1.91. The molecule has 160 valence electrons. The van der Waals surface area contributed by atoms with E-state index in [1.807, 2.05) is 0 Å². The number of hydrogen-bond donors (Lipinski definition) is 1. The highest BCUT2D eigenvalue weighted by molar-refractivity contribution is 6.08. The second kappa shape index (κ2) is 7.77. The summed E-state index contributed by atoms with van der Waals surface area (Å²) in [6, 6.07) is 14.4. The van der Waals surface area contributed by atoms with Crippen LogP contribution < -0.4 is 10.1 Å². The van der Waals surface area contributed by atoms with Crippen LogP contribution in [0, 0.1) is 0 Å². The molecule has 1 saturated heterocycles. The summed E-state index contributed by atoms with van der Waals surface area (Å²) in [6.07, 6.45) is -4.42. The average Bonchev–Trinajstić information content (AvgIpc) is 2.71. The van der Waals surface area contributed by atoms with Crippen molar-refractivity contribution in [2.75, 3.05) is 13.1 Å². The number of carbonyl (C=O) groups excluding carboxylic acids is 1.